The van der Waals surface area contributed by atoms with E-state index in [4.69, 9.17) is 22.1 Å². The predicted molar refractivity (Wildman–Crippen MR) is 185 cm³/mol. The molecule has 0 bridgehead atoms. The van der Waals surface area contributed by atoms with Gasteiger partial charge in [-0.1, -0.05) is 22.9 Å². The molecule has 3 aromatic heterocycles. The van der Waals surface area contributed by atoms with Crippen LogP contribution in [0.25, 0.3) is 32.2 Å². The van der Waals surface area contributed by atoms with Crippen LogP contribution in [0.2, 0.25) is 5.02 Å². The van der Waals surface area contributed by atoms with Gasteiger partial charge in [-0.3, -0.25) is 9.47 Å². The van der Waals surface area contributed by atoms with Gasteiger partial charge in [-0.05, 0) is 49.7 Å². The number of anilines is 2. The van der Waals surface area contributed by atoms with Crippen LogP contribution in [0.3, 0.4) is 0 Å². The second kappa shape index (κ2) is 12.7. The van der Waals surface area contributed by atoms with Gasteiger partial charge in [0.2, 0.25) is 0 Å². The van der Waals surface area contributed by atoms with Gasteiger partial charge in [0.05, 0.1) is 33.9 Å². The fraction of sp³-hybridized carbons (Fsp3) is 0.382. The smallest absolute Gasteiger partial charge is 0.329 e. The van der Waals surface area contributed by atoms with E-state index in [0.29, 0.717) is 13.0 Å². The highest BCUT2D eigenvalue weighted by molar-refractivity contribution is 7.22. The Bertz CT molecular complexity index is 2300. The molecule has 0 unspecified atom stereocenters. The zero-order valence-corrected chi connectivity index (χ0v) is 28.8. The fourth-order valence-electron chi connectivity index (χ4n) is 7.70. The monoisotopic (exact) mass is 757 g/mol. The summed E-state index contributed by atoms with van der Waals surface area (Å²) in [7, 11) is 0. The lowest BCUT2D eigenvalue weighted by atomic mass is 9.95. The van der Waals surface area contributed by atoms with E-state index in [1.165, 1.54) is 35.4 Å². The van der Waals surface area contributed by atoms with E-state index in [-0.39, 0.29) is 92.6 Å². The maximum atomic E-state index is 16.9. The SMILES string of the molecule is N#Cc1cccn1C(=O)N1CCN(c2nc(OC[C@@]34CCCN3C[C@H](F)C4)nc3c(F)c(-c4ccc(F)c5sc(N)nc45)c(Cl)cc23)CC(F)(F)C1. The van der Waals surface area contributed by atoms with Gasteiger partial charge < -0.3 is 20.3 Å². The van der Waals surface area contributed by atoms with E-state index in [2.05, 4.69) is 15.0 Å². The lowest BCUT2D eigenvalue weighted by Gasteiger charge is -2.31. The van der Waals surface area contributed by atoms with Gasteiger partial charge in [-0.2, -0.15) is 15.2 Å². The number of aromatic nitrogens is 4. The topological polar surface area (TPSA) is 129 Å². The number of nitriles is 1. The molecule has 52 heavy (non-hydrogen) atoms. The summed E-state index contributed by atoms with van der Waals surface area (Å²) in [5.41, 5.74) is 4.96. The Labute approximate surface area is 302 Å². The number of hydrogen-bond donors (Lipinski definition) is 1. The summed E-state index contributed by atoms with van der Waals surface area (Å²) in [6.07, 6.45) is 2.00. The molecule has 0 radical (unpaired) electrons. The fourth-order valence-corrected chi connectivity index (χ4v) is 8.75. The first kappa shape index (κ1) is 34.3. The third kappa shape index (κ3) is 5.82. The van der Waals surface area contributed by atoms with Crippen LogP contribution in [0.15, 0.2) is 36.5 Å². The van der Waals surface area contributed by atoms with Gasteiger partial charge in [0.15, 0.2) is 10.9 Å². The Morgan fingerprint density at radius 2 is 1.96 bits per heavy atom. The van der Waals surface area contributed by atoms with Crippen LogP contribution in [-0.2, 0) is 0 Å². The van der Waals surface area contributed by atoms with Crippen molar-refractivity contribution in [2.45, 2.75) is 36.9 Å². The van der Waals surface area contributed by atoms with Crippen LogP contribution < -0.4 is 15.4 Å². The van der Waals surface area contributed by atoms with E-state index >= 15 is 13.2 Å². The van der Waals surface area contributed by atoms with Crippen LogP contribution in [-0.4, -0.2) is 98.9 Å². The lowest BCUT2D eigenvalue weighted by Crippen LogP contribution is -2.43. The predicted octanol–water partition coefficient (Wildman–Crippen LogP) is 6.47. The standard InChI is InChI=1S/C34H29ClF5N9O2S/c35-22-11-21-26(25(38)24(22)20-4-5-23(37)28-27(20)43-30(42)52-28)44-31(51-17-33-6-2-7-48(33)14-18(36)12-33)45-29(21)46-9-10-47(16-34(39,40)15-46)32(50)49-8-1-3-19(49)13-41/h1,3-5,8,11,18H,2,6-7,9-10,12,14-17H2,(H2,42,43)/t18-,33+/m1/s1. The molecule has 0 spiro atoms. The number of halogens is 6. The van der Waals surface area contributed by atoms with Gasteiger partial charge in [0.1, 0.15) is 41.7 Å². The number of amides is 1. The molecule has 2 aromatic carbocycles. The van der Waals surface area contributed by atoms with E-state index in [1.54, 1.807) is 0 Å². The van der Waals surface area contributed by atoms with Crippen molar-refractivity contribution in [2.75, 3.05) is 56.5 Å². The molecule has 3 fully saturated rings. The van der Waals surface area contributed by atoms with Gasteiger partial charge in [-0.25, -0.2) is 31.7 Å². The third-order valence-electron chi connectivity index (χ3n) is 9.98. The molecular formula is C34H29ClF5N9O2S. The first-order chi connectivity index (χ1) is 24.9. The molecule has 0 aliphatic carbocycles. The number of fused-ring (bicyclic) bond motifs is 3. The zero-order chi connectivity index (χ0) is 36.5. The Morgan fingerprint density at radius 3 is 2.77 bits per heavy atom. The van der Waals surface area contributed by atoms with Crippen molar-refractivity contribution in [3.05, 3.63) is 58.9 Å². The highest BCUT2D eigenvalue weighted by Crippen LogP contribution is 2.44. The number of carbonyl (C=O) groups excluding carboxylic acids is 1. The maximum absolute atomic E-state index is 16.9. The van der Waals surface area contributed by atoms with Crippen molar-refractivity contribution in [1.29, 1.82) is 5.26 Å². The molecule has 1 amide bonds. The first-order valence-electron chi connectivity index (χ1n) is 16.4. The summed E-state index contributed by atoms with van der Waals surface area (Å²) >= 11 is 7.62. The number of hydrogen-bond acceptors (Lipinski definition) is 10. The van der Waals surface area contributed by atoms with Crippen LogP contribution >= 0.6 is 22.9 Å². The molecule has 5 aromatic rings. The Morgan fingerprint density at radius 1 is 1.13 bits per heavy atom. The lowest BCUT2D eigenvalue weighted by molar-refractivity contribution is -0.00660. The van der Waals surface area contributed by atoms with Crippen LogP contribution in [0, 0.1) is 23.0 Å². The minimum atomic E-state index is -3.49. The minimum absolute atomic E-state index is 0.0145. The van der Waals surface area contributed by atoms with Crippen molar-refractivity contribution in [2.24, 2.45) is 0 Å². The van der Waals surface area contributed by atoms with Crippen molar-refractivity contribution >= 4 is 61.0 Å². The normalized spacial score (nSPS) is 21.8. The maximum Gasteiger partial charge on any atom is 0.329 e. The summed E-state index contributed by atoms with van der Waals surface area (Å²) in [4.78, 5) is 30.6. The number of nitrogens with two attached hydrogens (primary N) is 1. The van der Waals surface area contributed by atoms with Gasteiger partial charge >= 0.3 is 12.0 Å². The third-order valence-corrected chi connectivity index (χ3v) is 11.2. The highest BCUT2D eigenvalue weighted by Gasteiger charge is 2.49. The second-order valence-corrected chi connectivity index (χ2v) is 14.8. The molecule has 3 aliphatic heterocycles. The molecule has 3 aliphatic rings. The molecule has 3 saturated heterocycles. The van der Waals surface area contributed by atoms with Crippen molar-refractivity contribution in [3.63, 3.8) is 0 Å². The number of thiazole rings is 1. The van der Waals surface area contributed by atoms with Crippen LogP contribution in [0.1, 0.15) is 25.0 Å². The molecular weight excluding hydrogens is 729 g/mol. The second-order valence-electron chi connectivity index (χ2n) is 13.3. The van der Waals surface area contributed by atoms with Crippen molar-refractivity contribution in [3.8, 4) is 23.2 Å². The van der Waals surface area contributed by atoms with Crippen LogP contribution in [0.5, 0.6) is 6.01 Å². The van der Waals surface area contributed by atoms with Gasteiger partial charge in [-0.15, -0.1) is 0 Å². The Hall–Kier alpha value is -4.79. The first-order valence-corrected chi connectivity index (χ1v) is 17.6. The average Bonchev–Trinajstić information content (AvgIpc) is 3.87. The average molecular weight is 758 g/mol. The number of benzene rings is 2. The Kier molecular flexibility index (Phi) is 8.38. The molecule has 2 N–H and O–H groups in total. The molecule has 18 heteroatoms. The van der Waals surface area contributed by atoms with E-state index in [0.717, 1.165) is 33.3 Å². The zero-order valence-electron chi connectivity index (χ0n) is 27.3. The number of rotatable bonds is 5. The van der Waals surface area contributed by atoms with E-state index in [9.17, 15) is 18.8 Å². The minimum Gasteiger partial charge on any atom is -0.461 e. The molecule has 6 heterocycles. The van der Waals surface area contributed by atoms with Crippen LogP contribution in [0.4, 0.5) is 37.7 Å². The van der Waals surface area contributed by atoms with Gasteiger partial charge in [0, 0.05) is 48.8 Å². The number of nitrogen functional groups attached to an aromatic ring is 1. The summed E-state index contributed by atoms with van der Waals surface area (Å²) in [6, 6.07) is 7.38. The summed E-state index contributed by atoms with van der Waals surface area (Å²) in [5.74, 6) is -5.18. The largest absolute Gasteiger partial charge is 0.461 e. The molecule has 8 rings (SSSR count). The van der Waals surface area contributed by atoms with Crippen molar-refractivity contribution in [1.82, 2.24) is 29.3 Å². The summed E-state index contributed by atoms with van der Waals surface area (Å²) < 4.78 is 84.8. The van der Waals surface area contributed by atoms with E-state index < -0.39 is 48.4 Å². The Balaban J connectivity index is 1.23. The molecule has 270 valence electrons. The van der Waals surface area contributed by atoms with Gasteiger partial charge in [0.25, 0.3) is 5.92 Å². The molecule has 0 saturated carbocycles. The van der Waals surface area contributed by atoms with Crippen molar-refractivity contribution < 1.29 is 31.5 Å². The quantitative estimate of drug-likeness (QED) is 0.201. The number of carbonyl (C=O) groups is 1. The van der Waals surface area contributed by atoms with E-state index in [1.807, 2.05) is 11.0 Å². The number of alkyl halides is 3. The number of nitrogens with zero attached hydrogens (tertiary/aromatic N) is 8. The number of ether oxygens (including phenoxy) is 1. The molecule has 11 nitrogen and oxygen atoms in total. The highest BCUT2D eigenvalue weighted by atomic mass is 35.5. The summed E-state index contributed by atoms with van der Waals surface area (Å²) in [6.45, 7) is -1.33. The summed E-state index contributed by atoms with van der Waals surface area (Å²) in [5, 5.41) is 9.27. The molecule has 2 atom stereocenters.